The van der Waals surface area contributed by atoms with Crippen molar-refractivity contribution < 1.29 is 9.72 Å². The van der Waals surface area contributed by atoms with Gasteiger partial charge in [-0.05, 0) is 20.0 Å². The SMILES string of the molecule is CC1CN(C)CCN1C(=O)c1cc(Cl)c(N)c([N+](=O)[O-])c1. The first-order valence-electron chi connectivity index (χ1n) is 6.54. The number of benzene rings is 1. The molecule has 1 saturated heterocycles. The van der Waals surface area contributed by atoms with Gasteiger partial charge in [0.15, 0.2) is 0 Å². The van der Waals surface area contributed by atoms with E-state index >= 15 is 0 Å². The Bertz CT molecular complexity index is 593. The Kier molecular flexibility index (Phi) is 4.34. The second-order valence-corrected chi connectivity index (χ2v) is 5.66. The number of halogens is 1. The highest BCUT2D eigenvalue weighted by Gasteiger charge is 2.28. The fraction of sp³-hybridized carbons (Fsp3) is 0.462. The summed E-state index contributed by atoms with van der Waals surface area (Å²) in [5.74, 6) is -0.263. The van der Waals surface area contributed by atoms with Gasteiger partial charge in [-0.25, -0.2) is 0 Å². The van der Waals surface area contributed by atoms with Crippen molar-refractivity contribution in [2.75, 3.05) is 32.4 Å². The molecule has 0 aliphatic carbocycles. The van der Waals surface area contributed by atoms with Crippen LogP contribution in [0.15, 0.2) is 12.1 Å². The van der Waals surface area contributed by atoms with Crippen LogP contribution in [0, 0.1) is 10.1 Å². The number of hydrogen-bond acceptors (Lipinski definition) is 5. The van der Waals surface area contributed by atoms with E-state index in [1.165, 1.54) is 12.1 Å². The molecule has 1 aliphatic rings. The van der Waals surface area contributed by atoms with Gasteiger partial charge in [0.1, 0.15) is 5.69 Å². The van der Waals surface area contributed by atoms with Crippen LogP contribution < -0.4 is 5.73 Å². The van der Waals surface area contributed by atoms with Crippen LogP contribution in [0.5, 0.6) is 0 Å². The minimum Gasteiger partial charge on any atom is -0.392 e. The van der Waals surface area contributed by atoms with Crippen molar-refractivity contribution in [3.8, 4) is 0 Å². The number of nitrogens with zero attached hydrogens (tertiary/aromatic N) is 3. The van der Waals surface area contributed by atoms with Crippen molar-refractivity contribution in [1.82, 2.24) is 9.80 Å². The Hall–Kier alpha value is -1.86. The fourth-order valence-corrected chi connectivity index (χ4v) is 2.70. The highest BCUT2D eigenvalue weighted by Crippen LogP contribution is 2.31. The van der Waals surface area contributed by atoms with Gasteiger partial charge in [-0.2, -0.15) is 0 Å². The molecule has 1 aromatic carbocycles. The first kappa shape index (κ1) is 15.5. The molecule has 1 atom stereocenters. The number of nitrogen functional groups attached to an aromatic ring is 1. The zero-order chi connectivity index (χ0) is 15.7. The monoisotopic (exact) mass is 312 g/mol. The second kappa shape index (κ2) is 5.87. The van der Waals surface area contributed by atoms with E-state index in [1.807, 2.05) is 14.0 Å². The van der Waals surface area contributed by atoms with E-state index in [2.05, 4.69) is 4.90 Å². The van der Waals surface area contributed by atoms with Crippen molar-refractivity contribution in [1.29, 1.82) is 0 Å². The molecule has 0 bridgehead atoms. The van der Waals surface area contributed by atoms with Gasteiger partial charge >= 0.3 is 0 Å². The van der Waals surface area contributed by atoms with Crippen LogP contribution in [-0.2, 0) is 0 Å². The lowest BCUT2D eigenvalue weighted by molar-refractivity contribution is -0.383. The van der Waals surface area contributed by atoms with Gasteiger partial charge in [-0.1, -0.05) is 11.6 Å². The van der Waals surface area contributed by atoms with E-state index in [0.29, 0.717) is 6.54 Å². The van der Waals surface area contributed by atoms with Crippen molar-refractivity contribution in [3.63, 3.8) is 0 Å². The van der Waals surface area contributed by atoms with Crippen LogP contribution >= 0.6 is 11.6 Å². The maximum Gasteiger partial charge on any atom is 0.294 e. The van der Waals surface area contributed by atoms with Crippen molar-refractivity contribution in [2.24, 2.45) is 0 Å². The van der Waals surface area contributed by atoms with Crippen LogP contribution in [0.2, 0.25) is 5.02 Å². The minimum atomic E-state index is -0.634. The lowest BCUT2D eigenvalue weighted by atomic mass is 10.1. The van der Waals surface area contributed by atoms with Crippen molar-refractivity contribution in [2.45, 2.75) is 13.0 Å². The van der Waals surface area contributed by atoms with E-state index in [1.54, 1.807) is 4.90 Å². The molecule has 7 nitrogen and oxygen atoms in total. The van der Waals surface area contributed by atoms with Crippen LogP contribution in [0.4, 0.5) is 11.4 Å². The zero-order valence-corrected chi connectivity index (χ0v) is 12.6. The van der Waals surface area contributed by atoms with Crippen LogP contribution in [-0.4, -0.2) is 53.4 Å². The predicted octanol–water partition coefficient (Wildman–Crippen LogP) is 1.61. The summed E-state index contributed by atoms with van der Waals surface area (Å²) in [6, 6.07) is 2.61. The molecule has 0 spiro atoms. The number of nitrogens with two attached hydrogens (primary N) is 1. The average Bonchev–Trinajstić information content (AvgIpc) is 2.40. The standard InChI is InChI=1S/C13H17ClN4O3/c1-8-7-16(2)3-4-17(8)13(19)9-5-10(14)12(15)11(6-9)18(20)21/h5-6,8H,3-4,7,15H2,1-2H3. The van der Waals surface area contributed by atoms with Gasteiger partial charge < -0.3 is 15.5 Å². The first-order valence-corrected chi connectivity index (χ1v) is 6.92. The molecule has 1 heterocycles. The van der Waals surface area contributed by atoms with Gasteiger partial charge in [-0.3, -0.25) is 14.9 Å². The number of nitro groups is 1. The molecule has 2 rings (SSSR count). The van der Waals surface area contributed by atoms with E-state index in [0.717, 1.165) is 13.1 Å². The Morgan fingerprint density at radius 3 is 2.71 bits per heavy atom. The highest BCUT2D eigenvalue weighted by atomic mass is 35.5. The molecule has 1 fully saturated rings. The molecular formula is C13H17ClN4O3. The van der Waals surface area contributed by atoms with Gasteiger partial charge in [0, 0.05) is 37.3 Å². The minimum absolute atomic E-state index is 0.0225. The zero-order valence-electron chi connectivity index (χ0n) is 11.9. The number of amides is 1. The lowest BCUT2D eigenvalue weighted by Gasteiger charge is -2.38. The van der Waals surface area contributed by atoms with E-state index in [-0.39, 0.29) is 33.9 Å². The van der Waals surface area contributed by atoms with E-state index < -0.39 is 4.92 Å². The molecule has 2 N–H and O–H groups in total. The van der Waals surface area contributed by atoms with Gasteiger partial charge in [-0.15, -0.1) is 0 Å². The smallest absolute Gasteiger partial charge is 0.294 e. The molecule has 1 aliphatic heterocycles. The average molecular weight is 313 g/mol. The summed E-state index contributed by atoms with van der Waals surface area (Å²) in [4.78, 5) is 26.7. The number of piperazine rings is 1. The maximum atomic E-state index is 12.5. The van der Waals surface area contributed by atoms with Crippen molar-refractivity contribution in [3.05, 3.63) is 32.8 Å². The fourth-order valence-electron chi connectivity index (χ4n) is 2.49. The summed E-state index contributed by atoms with van der Waals surface area (Å²) in [5, 5.41) is 11.0. The normalized spacial score (nSPS) is 19.6. The third kappa shape index (κ3) is 3.08. The van der Waals surface area contributed by atoms with Crippen LogP contribution in [0.25, 0.3) is 0 Å². The molecule has 1 aromatic rings. The molecule has 0 saturated carbocycles. The van der Waals surface area contributed by atoms with Gasteiger partial charge in [0.05, 0.1) is 9.95 Å². The Morgan fingerprint density at radius 1 is 1.48 bits per heavy atom. The molecular weight excluding hydrogens is 296 g/mol. The number of carbonyl (C=O) groups is 1. The Morgan fingerprint density at radius 2 is 2.14 bits per heavy atom. The molecule has 114 valence electrons. The van der Waals surface area contributed by atoms with Crippen LogP contribution in [0.1, 0.15) is 17.3 Å². The first-order chi connectivity index (χ1) is 9.81. The number of rotatable bonds is 2. The molecule has 21 heavy (non-hydrogen) atoms. The Labute approximate surface area is 127 Å². The number of likely N-dealkylation sites (N-methyl/N-ethyl adjacent to an activating group) is 1. The van der Waals surface area contributed by atoms with E-state index in [4.69, 9.17) is 17.3 Å². The third-order valence-corrected chi connectivity index (χ3v) is 3.96. The quantitative estimate of drug-likeness (QED) is 0.509. The summed E-state index contributed by atoms with van der Waals surface area (Å²) in [5.41, 5.74) is 5.30. The summed E-state index contributed by atoms with van der Waals surface area (Å²) < 4.78 is 0. The number of carbonyl (C=O) groups excluding carboxylic acids is 1. The summed E-state index contributed by atoms with van der Waals surface area (Å²) in [6.45, 7) is 4.05. The summed E-state index contributed by atoms with van der Waals surface area (Å²) in [7, 11) is 1.99. The maximum absolute atomic E-state index is 12.5. The van der Waals surface area contributed by atoms with Gasteiger partial charge in [0.2, 0.25) is 0 Å². The number of nitro benzene ring substituents is 1. The van der Waals surface area contributed by atoms with E-state index in [9.17, 15) is 14.9 Å². The number of anilines is 1. The molecule has 0 aromatic heterocycles. The highest BCUT2D eigenvalue weighted by molar-refractivity contribution is 6.34. The second-order valence-electron chi connectivity index (χ2n) is 5.26. The molecule has 0 radical (unpaired) electrons. The topological polar surface area (TPSA) is 92.7 Å². The summed E-state index contributed by atoms with van der Waals surface area (Å²) in [6.07, 6.45) is 0. The van der Waals surface area contributed by atoms with Gasteiger partial charge in [0.25, 0.3) is 11.6 Å². The largest absolute Gasteiger partial charge is 0.392 e. The number of hydrogen-bond donors (Lipinski definition) is 1. The van der Waals surface area contributed by atoms with Crippen molar-refractivity contribution >= 4 is 28.9 Å². The molecule has 1 amide bonds. The predicted molar refractivity (Wildman–Crippen MR) is 80.5 cm³/mol. The van der Waals surface area contributed by atoms with Crippen LogP contribution in [0.3, 0.4) is 0 Å². The molecule has 1 unspecified atom stereocenters. The lowest BCUT2D eigenvalue weighted by Crippen LogP contribution is -2.52. The third-order valence-electron chi connectivity index (χ3n) is 3.64. The Balaban J connectivity index is 2.33. The molecule has 8 heteroatoms. The summed E-state index contributed by atoms with van der Waals surface area (Å²) >= 11 is 5.90.